The van der Waals surface area contributed by atoms with Crippen molar-refractivity contribution in [2.24, 2.45) is 0 Å². The van der Waals surface area contributed by atoms with E-state index in [1.165, 1.54) is 19.4 Å². The summed E-state index contributed by atoms with van der Waals surface area (Å²) < 4.78 is 5.17. The molecule has 0 bridgehead atoms. The van der Waals surface area contributed by atoms with Crippen molar-refractivity contribution in [2.75, 3.05) is 12.4 Å². The lowest BCUT2D eigenvalue weighted by Gasteiger charge is -2.14. The van der Waals surface area contributed by atoms with Crippen molar-refractivity contribution in [1.29, 1.82) is 0 Å². The first-order valence-corrected chi connectivity index (χ1v) is 7.61. The van der Waals surface area contributed by atoms with E-state index < -0.39 is 5.25 Å². The van der Waals surface area contributed by atoms with E-state index in [4.69, 9.17) is 16.3 Å². The number of benzene rings is 1. The van der Waals surface area contributed by atoms with Gasteiger partial charge in [-0.05, 0) is 25.1 Å². The number of hydrogen-bond donors (Lipinski definition) is 2. The number of nitrogens with zero attached hydrogens (tertiary/aromatic N) is 1. The van der Waals surface area contributed by atoms with Crippen molar-refractivity contribution in [3.8, 4) is 5.75 Å². The molecule has 1 amide bonds. The van der Waals surface area contributed by atoms with Gasteiger partial charge in [0.15, 0.2) is 5.16 Å². The van der Waals surface area contributed by atoms with Crippen LogP contribution in [0, 0.1) is 0 Å². The summed E-state index contributed by atoms with van der Waals surface area (Å²) >= 11 is 7.07. The molecule has 0 aliphatic carbocycles. The normalized spacial score (nSPS) is 11.8. The molecule has 1 aromatic carbocycles. The Morgan fingerprint density at radius 1 is 1.45 bits per heavy atom. The van der Waals surface area contributed by atoms with E-state index in [0.29, 0.717) is 21.6 Å². The zero-order chi connectivity index (χ0) is 16.1. The van der Waals surface area contributed by atoms with E-state index in [9.17, 15) is 9.59 Å². The molecule has 0 saturated carbocycles. The zero-order valence-electron chi connectivity index (χ0n) is 11.9. The molecule has 0 aliphatic heterocycles. The fourth-order valence-electron chi connectivity index (χ4n) is 1.65. The van der Waals surface area contributed by atoms with Crippen LogP contribution in [0.1, 0.15) is 6.92 Å². The minimum Gasteiger partial charge on any atom is -0.495 e. The molecular weight excluding hydrogens is 326 g/mol. The minimum absolute atomic E-state index is 0.253. The third kappa shape index (κ3) is 4.25. The number of halogens is 1. The van der Waals surface area contributed by atoms with Crippen LogP contribution in [-0.4, -0.2) is 28.2 Å². The highest BCUT2D eigenvalue weighted by Gasteiger charge is 2.17. The summed E-state index contributed by atoms with van der Waals surface area (Å²) in [6.07, 6.45) is 1.39. The van der Waals surface area contributed by atoms with E-state index >= 15 is 0 Å². The molecule has 1 atom stereocenters. The lowest BCUT2D eigenvalue weighted by molar-refractivity contribution is -0.115. The van der Waals surface area contributed by atoms with Crippen LogP contribution >= 0.6 is 23.4 Å². The van der Waals surface area contributed by atoms with Gasteiger partial charge in [0, 0.05) is 17.3 Å². The summed E-state index contributed by atoms with van der Waals surface area (Å²) in [4.78, 5) is 30.0. The van der Waals surface area contributed by atoms with Gasteiger partial charge in [-0.1, -0.05) is 23.4 Å². The van der Waals surface area contributed by atoms with Crippen molar-refractivity contribution >= 4 is 35.0 Å². The van der Waals surface area contributed by atoms with Crippen LogP contribution < -0.4 is 15.6 Å². The summed E-state index contributed by atoms with van der Waals surface area (Å²) in [7, 11) is 1.51. The molecule has 1 aromatic heterocycles. The highest BCUT2D eigenvalue weighted by Crippen LogP contribution is 2.28. The zero-order valence-corrected chi connectivity index (χ0v) is 13.5. The molecule has 8 heteroatoms. The van der Waals surface area contributed by atoms with Gasteiger partial charge in [-0.15, -0.1) is 0 Å². The molecular formula is C14H14ClN3O3S. The maximum absolute atomic E-state index is 12.2. The molecule has 22 heavy (non-hydrogen) atoms. The molecule has 0 radical (unpaired) electrons. The second-order valence-corrected chi connectivity index (χ2v) is 6.10. The molecule has 0 saturated heterocycles. The molecule has 0 spiro atoms. The quantitative estimate of drug-likeness (QED) is 0.646. The summed E-state index contributed by atoms with van der Waals surface area (Å²) in [5.41, 5.74) is 0.226. The predicted octanol–water partition coefficient (Wildman–Crippen LogP) is 2.55. The van der Waals surface area contributed by atoms with Gasteiger partial charge >= 0.3 is 0 Å². The topological polar surface area (TPSA) is 84.1 Å². The summed E-state index contributed by atoms with van der Waals surface area (Å²) in [5.74, 6) is 0.262. The average Bonchev–Trinajstić information content (AvgIpc) is 2.47. The number of carbonyl (C=O) groups is 1. The largest absolute Gasteiger partial charge is 0.495 e. The third-order valence-corrected chi connectivity index (χ3v) is 3.96. The maximum atomic E-state index is 12.2. The number of anilines is 1. The van der Waals surface area contributed by atoms with Crippen molar-refractivity contribution in [1.82, 2.24) is 9.97 Å². The van der Waals surface area contributed by atoms with E-state index in [1.807, 2.05) is 0 Å². The Balaban J connectivity index is 2.08. The van der Waals surface area contributed by atoms with Crippen LogP contribution in [-0.2, 0) is 4.79 Å². The second kappa shape index (κ2) is 7.33. The molecule has 1 unspecified atom stereocenters. The van der Waals surface area contributed by atoms with E-state index in [2.05, 4.69) is 15.3 Å². The van der Waals surface area contributed by atoms with Gasteiger partial charge < -0.3 is 15.0 Å². The number of aromatic amines is 1. The Morgan fingerprint density at radius 3 is 2.91 bits per heavy atom. The van der Waals surface area contributed by atoms with Gasteiger partial charge in [-0.3, -0.25) is 9.59 Å². The first kappa shape index (κ1) is 16.4. The summed E-state index contributed by atoms with van der Waals surface area (Å²) in [6, 6.07) is 6.27. The van der Waals surface area contributed by atoms with Crippen molar-refractivity contribution in [2.45, 2.75) is 17.3 Å². The Kier molecular flexibility index (Phi) is 5.46. The molecule has 2 N–H and O–H groups in total. The number of amides is 1. The molecule has 0 aliphatic rings. The van der Waals surface area contributed by atoms with Gasteiger partial charge in [0.2, 0.25) is 5.91 Å². The van der Waals surface area contributed by atoms with Crippen molar-refractivity contribution in [3.05, 3.63) is 45.8 Å². The van der Waals surface area contributed by atoms with Gasteiger partial charge in [-0.2, -0.15) is 0 Å². The van der Waals surface area contributed by atoms with Crippen LogP contribution in [0.4, 0.5) is 5.69 Å². The number of hydrogen-bond acceptors (Lipinski definition) is 5. The smallest absolute Gasteiger partial charge is 0.251 e. The second-order valence-electron chi connectivity index (χ2n) is 4.33. The average molecular weight is 340 g/mol. The molecule has 2 aromatic rings. The molecule has 116 valence electrons. The van der Waals surface area contributed by atoms with Crippen molar-refractivity contribution < 1.29 is 9.53 Å². The fourth-order valence-corrected chi connectivity index (χ4v) is 2.60. The Morgan fingerprint density at radius 2 is 2.23 bits per heavy atom. The highest BCUT2D eigenvalue weighted by atomic mass is 35.5. The number of H-pyrrole nitrogens is 1. The molecule has 2 rings (SSSR count). The van der Waals surface area contributed by atoms with Crippen LogP contribution in [0.25, 0.3) is 0 Å². The third-order valence-electron chi connectivity index (χ3n) is 2.72. The lowest BCUT2D eigenvalue weighted by Crippen LogP contribution is -2.23. The van der Waals surface area contributed by atoms with Gasteiger partial charge in [-0.25, -0.2) is 4.98 Å². The number of rotatable bonds is 5. The number of carbonyl (C=O) groups excluding carboxylic acids is 1. The van der Waals surface area contributed by atoms with E-state index in [1.54, 1.807) is 25.1 Å². The fraction of sp³-hybridized carbons (Fsp3) is 0.214. The van der Waals surface area contributed by atoms with Gasteiger partial charge in [0.05, 0.1) is 18.0 Å². The molecule has 0 fully saturated rings. The van der Waals surface area contributed by atoms with Gasteiger partial charge in [0.25, 0.3) is 5.56 Å². The monoisotopic (exact) mass is 339 g/mol. The Labute approximate surface area is 136 Å². The number of aromatic nitrogens is 2. The highest BCUT2D eigenvalue weighted by molar-refractivity contribution is 8.00. The number of nitrogens with one attached hydrogen (secondary N) is 2. The van der Waals surface area contributed by atoms with Gasteiger partial charge in [0.1, 0.15) is 5.75 Å². The predicted molar refractivity (Wildman–Crippen MR) is 86.8 cm³/mol. The van der Waals surface area contributed by atoms with Crippen LogP contribution in [0.15, 0.2) is 40.4 Å². The van der Waals surface area contributed by atoms with Crippen LogP contribution in [0.2, 0.25) is 5.02 Å². The first-order valence-electron chi connectivity index (χ1n) is 6.36. The van der Waals surface area contributed by atoms with E-state index in [0.717, 1.165) is 11.8 Å². The summed E-state index contributed by atoms with van der Waals surface area (Å²) in [5, 5.41) is 3.16. The first-order chi connectivity index (χ1) is 10.5. The van der Waals surface area contributed by atoms with Crippen LogP contribution in [0.3, 0.4) is 0 Å². The Hall–Kier alpha value is -1.99. The number of methoxy groups -OCH3 is 1. The lowest BCUT2D eigenvalue weighted by atomic mass is 10.3. The standard InChI is InChI=1S/C14H14ClN3O3S/c1-8(22-14-16-6-5-12(19)18-14)13(20)17-10-7-9(15)3-4-11(10)21-2/h3-8H,1-2H3,(H,17,20)(H,16,18,19). The minimum atomic E-state index is -0.464. The molecule has 6 nitrogen and oxygen atoms in total. The number of thioether (sulfide) groups is 1. The van der Waals surface area contributed by atoms with E-state index in [-0.39, 0.29) is 11.5 Å². The summed E-state index contributed by atoms with van der Waals surface area (Å²) in [6.45, 7) is 1.71. The molecule has 1 heterocycles. The van der Waals surface area contributed by atoms with Crippen LogP contribution in [0.5, 0.6) is 5.75 Å². The van der Waals surface area contributed by atoms with Crippen molar-refractivity contribution in [3.63, 3.8) is 0 Å². The number of ether oxygens (including phenoxy) is 1. The SMILES string of the molecule is COc1ccc(Cl)cc1NC(=O)C(C)Sc1nccc(=O)[nH]1. The Bertz CT molecular complexity index is 735. The maximum Gasteiger partial charge on any atom is 0.251 e.